The van der Waals surface area contributed by atoms with Crippen molar-refractivity contribution >= 4 is 0 Å². The van der Waals surface area contributed by atoms with E-state index in [1.54, 1.807) is 13.3 Å². The van der Waals surface area contributed by atoms with E-state index < -0.39 is 0 Å². The highest BCUT2D eigenvalue weighted by Gasteiger charge is 2.12. The number of benzene rings is 1. The lowest BCUT2D eigenvalue weighted by molar-refractivity contribution is 0.0226. The van der Waals surface area contributed by atoms with Gasteiger partial charge in [-0.25, -0.2) is 0 Å². The monoisotopic (exact) mass is 367 g/mol. The molecule has 3 rings (SSSR count). The van der Waals surface area contributed by atoms with Gasteiger partial charge in [0.1, 0.15) is 5.69 Å². The van der Waals surface area contributed by atoms with Crippen molar-refractivity contribution in [2.24, 2.45) is 0 Å². The van der Waals surface area contributed by atoms with Crippen molar-refractivity contribution in [3.8, 4) is 22.6 Å². The molecule has 0 atom stereocenters. The van der Waals surface area contributed by atoms with Gasteiger partial charge in [-0.05, 0) is 23.8 Å². The quantitative estimate of drug-likeness (QED) is 0.487. The highest BCUT2D eigenvalue weighted by atomic mass is 16.5. The van der Waals surface area contributed by atoms with E-state index in [-0.39, 0.29) is 0 Å². The molecule has 2 heterocycles. The van der Waals surface area contributed by atoms with Crippen LogP contribution in [-0.4, -0.2) is 54.9 Å². The first-order chi connectivity index (χ1) is 13.4. The topological polar surface area (TPSA) is 58.4 Å². The Morgan fingerprint density at radius 2 is 1.56 bits per heavy atom. The van der Waals surface area contributed by atoms with Gasteiger partial charge in [0.05, 0.1) is 51.0 Å². The highest BCUT2D eigenvalue weighted by molar-refractivity contribution is 5.66. The summed E-state index contributed by atoms with van der Waals surface area (Å²) in [6, 6.07) is 18.1. The molecule has 6 heteroatoms. The number of aromatic nitrogens is 3. The van der Waals surface area contributed by atoms with Crippen LogP contribution >= 0.6 is 0 Å². The first-order valence-corrected chi connectivity index (χ1v) is 9.07. The highest BCUT2D eigenvalue weighted by Crippen LogP contribution is 2.25. The lowest BCUT2D eigenvalue weighted by Gasteiger charge is -2.09. The lowest BCUT2D eigenvalue weighted by atomic mass is 10.1. The third-order valence-corrected chi connectivity index (χ3v) is 4.03. The van der Waals surface area contributed by atoms with Crippen molar-refractivity contribution in [2.45, 2.75) is 6.54 Å². The van der Waals surface area contributed by atoms with E-state index in [0.717, 1.165) is 22.6 Å². The molecule has 0 N–H and O–H groups in total. The third kappa shape index (κ3) is 5.72. The number of pyridine rings is 1. The van der Waals surface area contributed by atoms with Crippen molar-refractivity contribution in [1.82, 2.24) is 14.8 Å². The van der Waals surface area contributed by atoms with Crippen molar-refractivity contribution < 1.29 is 14.2 Å². The Hall–Kier alpha value is -2.54. The molecular formula is C21H25N3O3. The molecule has 0 aliphatic heterocycles. The van der Waals surface area contributed by atoms with Gasteiger partial charge < -0.3 is 14.2 Å². The van der Waals surface area contributed by atoms with Crippen molar-refractivity contribution in [2.75, 3.05) is 40.1 Å². The first-order valence-electron chi connectivity index (χ1n) is 9.07. The van der Waals surface area contributed by atoms with E-state index in [1.807, 2.05) is 41.1 Å². The van der Waals surface area contributed by atoms with Crippen LogP contribution in [0.5, 0.6) is 0 Å². The maximum Gasteiger partial charge on any atom is 0.111 e. The molecule has 0 radical (unpaired) electrons. The predicted octanol–water partition coefficient (Wildman–Crippen LogP) is 3.29. The minimum Gasteiger partial charge on any atom is -0.382 e. The minimum atomic E-state index is 0.554. The van der Waals surface area contributed by atoms with Crippen LogP contribution in [0.3, 0.4) is 0 Å². The molecule has 1 aromatic carbocycles. The Morgan fingerprint density at radius 1 is 0.815 bits per heavy atom. The summed E-state index contributed by atoms with van der Waals surface area (Å²) in [6.45, 7) is 3.53. The second-order valence-corrected chi connectivity index (χ2v) is 5.94. The molecular weight excluding hydrogens is 342 g/mol. The van der Waals surface area contributed by atoms with Crippen molar-refractivity contribution in [3.05, 3.63) is 60.8 Å². The number of methoxy groups -OCH3 is 1. The normalized spacial score (nSPS) is 11.0. The summed E-state index contributed by atoms with van der Waals surface area (Å²) in [5, 5.41) is 4.74. The molecule has 0 unspecified atom stereocenters. The second-order valence-electron chi connectivity index (χ2n) is 5.94. The van der Waals surface area contributed by atoms with Gasteiger partial charge in [-0.1, -0.05) is 36.4 Å². The summed E-state index contributed by atoms with van der Waals surface area (Å²) < 4.78 is 18.0. The molecule has 0 aliphatic rings. The Morgan fingerprint density at radius 3 is 2.30 bits per heavy atom. The number of hydrogen-bond acceptors (Lipinski definition) is 5. The largest absolute Gasteiger partial charge is 0.382 e. The van der Waals surface area contributed by atoms with Gasteiger partial charge in [0.25, 0.3) is 0 Å². The molecule has 0 fully saturated rings. The van der Waals surface area contributed by atoms with E-state index in [2.05, 4.69) is 23.2 Å². The lowest BCUT2D eigenvalue weighted by Crippen LogP contribution is -2.13. The van der Waals surface area contributed by atoms with Crippen LogP contribution in [0.1, 0.15) is 0 Å². The fourth-order valence-electron chi connectivity index (χ4n) is 2.68. The van der Waals surface area contributed by atoms with E-state index in [4.69, 9.17) is 19.3 Å². The second kappa shape index (κ2) is 10.6. The van der Waals surface area contributed by atoms with Gasteiger partial charge in [-0.2, -0.15) is 5.10 Å². The Kier molecular flexibility index (Phi) is 7.53. The molecule has 2 aromatic heterocycles. The molecule has 0 saturated heterocycles. The van der Waals surface area contributed by atoms with Crippen LogP contribution in [0.2, 0.25) is 0 Å². The maximum atomic E-state index is 5.68. The van der Waals surface area contributed by atoms with Gasteiger partial charge in [-0.3, -0.25) is 9.67 Å². The fourth-order valence-corrected chi connectivity index (χ4v) is 2.68. The van der Waals surface area contributed by atoms with E-state index in [0.29, 0.717) is 39.6 Å². The van der Waals surface area contributed by atoms with Gasteiger partial charge in [-0.15, -0.1) is 0 Å². The molecule has 0 spiro atoms. The zero-order valence-corrected chi connectivity index (χ0v) is 15.6. The van der Waals surface area contributed by atoms with E-state index in [1.165, 1.54) is 0 Å². The van der Waals surface area contributed by atoms with Crippen molar-refractivity contribution in [3.63, 3.8) is 0 Å². The van der Waals surface area contributed by atoms with Crippen molar-refractivity contribution in [1.29, 1.82) is 0 Å². The summed E-state index contributed by atoms with van der Waals surface area (Å²) in [6.07, 6.45) is 1.78. The van der Waals surface area contributed by atoms with Crippen LogP contribution < -0.4 is 0 Å². The summed E-state index contributed by atoms with van der Waals surface area (Å²) in [4.78, 5) is 4.41. The molecule has 0 amide bonds. The summed E-state index contributed by atoms with van der Waals surface area (Å²) in [7, 11) is 1.66. The minimum absolute atomic E-state index is 0.554. The first kappa shape index (κ1) is 19.2. The average Bonchev–Trinajstić information content (AvgIpc) is 3.15. The Labute approximate surface area is 159 Å². The standard InChI is InChI=1S/C21H25N3O3/c1-25-13-14-27-16-15-26-12-11-24-21(18-7-3-2-4-8-18)17-20(23-24)19-9-5-6-10-22-19/h2-10,17H,11-16H2,1H3. The molecule has 0 saturated carbocycles. The maximum absolute atomic E-state index is 5.68. The van der Waals surface area contributed by atoms with Crippen LogP contribution in [0.4, 0.5) is 0 Å². The van der Waals surface area contributed by atoms with Crippen LogP contribution in [-0.2, 0) is 20.8 Å². The molecule has 0 aliphatic carbocycles. The number of hydrogen-bond donors (Lipinski definition) is 0. The van der Waals surface area contributed by atoms with Crippen LogP contribution in [0, 0.1) is 0 Å². The molecule has 142 valence electrons. The van der Waals surface area contributed by atoms with Gasteiger partial charge in [0.2, 0.25) is 0 Å². The van der Waals surface area contributed by atoms with Gasteiger partial charge in [0, 0.05) is 13.3 Å². The molecule has 3 aromatic rings. The third-order valence-electron chi connectivity index (χ3n) is 4.03. The summed E-state index contributed by atoms with van der Waals surface area (Å²) in [5.74, 6) is 0. The van der Waals surface area contributed by atoms with Crippen LogP contribution in [0.25, 0.3) is 22.6 Å². The predicted molar refractivity (Wildman–Crippen MR) is 104 cm³/mol. The Balaban J connectivity index is 1.63. The zero-order valence-electron chi connectivity index (χ0n) is 15.6. The number of nitrogens with zero attached hydrogens (tertiary/aromatic N) is 3. The van der Waals surface area contributed by atoms with Crippen LogP contribution in [0.15, 0.2) is 60.8 Å². The van der Waals surface area contributed by atoms with Gasteiger partial charge >= 0.3 is 0 Å². The summed E-state index contributed by atoms with van der Waals surface area (Å²) in [5.41, 5.74) is 3.89. The smallest absolute Gasteiger partial charge is 0.111 e. The zero-order chi connectivity index (χ0) is 18.7. The van der Waals surface area contributed by atoms with Gasteiger partial charge in [0.15, 0.2) is 0 Å². The van der Waals surface area contributed by atoms with E-state index >= 15 is 0 Å². The number of ether oxygens (including phenoxy) is 3. The average molecular weight is 367 g/mol. The summed E-state index contributed by atoms with van der Waals surface area (Å²) >= 11 is 0. The molecule has 6 nitrogen and oxygen atoms in total. The Bertz CT molecular complexity index is 791. The number of rotatable bonds is 11. The van der Waals surface area contributed by atoms with E-state index in [9.17, 15) is 0 Å². The molecule has 0 bridgehead atoms. The molecule has 27 heavy (non-hydrogen) atoms. The SMILES string of the molecule is COCCOCCOCCn1nc(-c2ccccn2)cc1-c1ccccc1. The fraction of sp³-hybridized carbons (Fsp3) is 0.333.